The number of H-pyrrole nitrogens is 1. The number of hydrazine groups is 1. The topological polar surface area (TPSA) is 121 Å². The lowest BCUT2D eigenvalue weighted by Crippen LogP contribution is -2.46. The van der Waals surface area contributed by atoms with E-state index in [0.717, 1.165) is 11.3 Å². The molecule has 3 heterocycles. The van der Waals surface area contributed by atoms with Crippen LogP contribution >= 0.6 is 0 Å². The Morgan fingerprint density at radius 3 is 2.85 bits per heavy atom. The van der Waals surface area contributed by atoms with Crippen molar-refractivity contribution in [2.75, 3.05) is 12.1 Å². The fourth-order valence-electron chi connectivity index (χ4n) is 2.98. The van der Waals surface area contributed by atoms with Crippen molar-refractivity contribution in [3.63, 3.8) is 0 Å². The van der Waals surface area contributed by atoms with Gasteiger partial charge in [0.1, 0.15) is 0 Å². The van der Waals surface area contributed by atoms with Crippen molar-refractivity contribution < 1.29 is 19.1 Å². The van der Waals surface area contributed by atoms with Crippen molar-refractivity contribution in [2.45, 2.75) is 33.0 Å². The normalized spacial score (nSPS) is 14.9. The van der Waals surface area contributed by atoms with Crippen molar-refractivity contribution in [1.29, 1.82) is 0 Å². The third kappa shape index (κ3) is 3.51. The average molecular weight is 372 g/mol. The van der Waals surface area contributed by atoms with Crippen molar-refractivity contribution in [3.05, 3.63) is 35.0 Å². The molecule has 27 heavy (non-hydrogen) atoms. The molecule has 0 aliphatic carbocycles. The number of nitrogens with zero attached hydrogens (tertiary/aromatic N) is 2. The number of carbonyl (C=O) groups is 2. The highest BCUT2D eigenvalue weighted by molar-refractivity contribution is 6.04. The molecular formula is C17H20N6O4. The first-order chi connectivity index (χ1) is 13.0. The van der Waals surface area contributed by atoms with E-state index in [0.29, 0.717) is 36.0 Å². The molecule has 0 saturated heterocycles. The zero-order chi connectivity index (χ0) is 19.0. The number of benzene rings is 1. The number of aromatic amines is 1. The van der Waals surface area contributed by atoms with Gasteiger partial charge in [-0.1, -0.05) is 0 Å². The van der Waals surface area contributed by atoms with Crippen molar-refractivity contribution in [3.8, 4) is 11.5 Å². The van der Waals surface area contributed by atoms with Gasteiger partial charge in [-0.15, -0.1) is 0 Å². The number of carbonyl (C=O) groups excluding carboxylic acids is 2. The number of amides is 3. The van der Waals surface area contributed by atoms with E-state index >= 15 is 0 Å². The fraction of sp³-hybridized carbons (Fsp3) is 0.353. The summed E-state index contributed by atoms with van der Waals surface area (Å²) in [6.07, 6.45) is 0. The minimum absolute atomic E-state index is 0.0450. The van der Waals surface area contributed by atoms with Crippen LogP contribution in [0.1, 0.15) is 35.5 Å². The van der Waals surface area contributed by atoms with Gasteiger partial charge in [-0.2, -0.15) is 5.10 Å². The van der Waals surface area contributed by atoms with Gasteiger partial charge in [-0.05, 0) is 32.0 Å². The number of fused-ring (bicyclic) bond motifs is 2. The third-order valence-electron chi connectivity index (χ3n) is 4.20. The molecule has 2 aliphatic rings. The Morgan fingerprint density at radius 2 is 2.04 bits per heavy atom. The van der Waals surface area contributed by atoms with Crippen LogP contribution < -0.4 is 25.5 Å². The number of anilines is 1. The van der Waals surface area contributed by atoms with Gasteiger partial charge in [0, 0.05) is 23.7 Å². The maximum Gasteiger partial charge on any atom is 0.329 e. The minimum atomic E-state index is -0.299. The van der Waals surface area contributed by atoms with E-state index in [4.69, 9.17) is 9.47 Å². The zero-order valence-corrected chi connectivity index (χ0v) is 15.0. The van der Waals surface area contributed by atoms with Gasteiger partial charge in [-0.25, -0.2) is 9.80 Å². The quantitative estimate of drug-likeness (QED) is 0.643. The van der Waals surface area contributed by atoms with E-state index < -0.39 is 0 Å². The fourth-order valence-corrected chi connectivity index (χ4v) is 2.98. The maximum absolute atomic E-state index is 12.5. The molecule has 142 valence electrons. The second kappa shape index (κ2) is 6.80. The van der Waals surface area contributed by atoms with Gasteiger partial charge in [0.15, 0.2) is 17.3 Å². The number of ether oxygens (including phenoxy) is 2. The van der Waals surface area contributed by atoms with Crippen molar-refractivity contribution in [2.24, 2.45) is 0 Å². The van der Waals surface area contributed by atoms with Crippen LogP contribution in [0.5, 0.6) is 11.5 Å². The minimum Gasteiger partial charge on any atom is -0.454 e. The van der Waals surface area contributed by atoms with Gasteiger partial charge < -0.3 is 20.1 Å². The first-order valence-corrected chi connectivity index (χ1v) is 8.59. The summed E-state index contributed by atoms with van der Waals surface area (Å²) in [7, 11) is 0. The highest BCUT2D eigenvalue weighted by Crippen LogP contribution is 2.33. The summed E-state index contributed by atoms with van der Waals surface area (Å²) in [6.45, 7) is 4.85. The molecular weight excluding hydrogens is 352 g/mol. The van der Waals surface area contributed by atoms with E-state index in [1.165, 1.54) is 0 Å². The first kappa shape index (κ1) is 17.2. The lowest BCUT2D eigenvalue weighted by atomic mass is 10.2. The Hall–Kier alpha value is -3.27. The summed E-state index contributed by atoms with van der Waals surface area (Å²) in [5.74, 6) is 1.31. The second-order valence-corrected chi connectivity index (χ2v) is 6.65. The average Bonchev–Trinajstić information content (AvgIpc) is 3.30. The van der Waals surface area contributed by atoms with Gasteiger partial charge in [0.2, 0.25) is 6.79 Å². The SMILES string of the molecule is CC(C)NC(=O)NN1Cc2[nH]nc(NC(=O)c3ccc4c(c3)OCO4)c2C1. The second-order valence-electron chi connectivity index (χ2n) is 6.65. The molecule has 1 aromatic carbocycles. The Labute approximate surface area is 155 Å². The smallest absolute Gasteiger partial charge is 0.329 e. The number of hydrogen-bond donors (Lipinski definition) is 4. The first-order valence-electron chi connectivity index (χ1n) is 8.59. The molecule has 0 saturated carbocycles. The van der Waals surface area contributed by atoms with Gasteiger partial charge in [0.05, 0.1) is 12.2 Å². The van der Waals surface area contributed by atoms with E-state index in [1.807, 2.05) is 13.8 Å². The van der Waals surface area contributed by atoms with Gasteiger partial charge >= 0.3 is 6.03 Å². The Balaban J connectivity index is 1.41. The van der Waals surface area contributed by atoms with Crippen LogP contribution in [0.25, 0.3) is 0 Å². The standard InChI is InChI=1S/C17H20N6O4/c1-9(2)18-17(25)22-23-6-11-12(7-23)20-21-15(11)19-16(24)10-3-4-13-14(5-10)27-8-26-13/h3-5,9H,6-8H2,1-2H3,(H2,18,22,25)(H2,19,20,21,24). The van der Waals surface area contributed by atoms with Gasteiger partial charge in [0.25, 0.3) is 5.91 Å². The summed E-state index contributed by atoms with van der Waals surface area (Å²) in [6, 6.07) is 4.78. The summed E-state index contributed by atoms with van der Waals surface area (Å²) in [5, 5.41) is 14.4. The predicted octanol–water partition coefficient (Wildman–Crippen LogP) is 1.33. The molecule has 1 aromatic heterocycles. The number of rotatable bonds is 4. The molecule has 0 radical (unpaired) electrons. The van der Waals surface area contributed by atoms with E-state index in [-0.39, 0.29) is 24.8 Å². The molecule has 4 N–H and O–H groups in total. The molecule has 10 nitrogen and oxygen atoms in total. The lowest BCUT2D eigenvalue weighted by Gasteiger charge is -2.18. The third-order valence-corrected chi connectivity index (χ3v) is 4.20. The van der Waals surface area contributed by atoms with Crippen LogP contribution in [0.4, 0.5) is 10.6 Å². The van der Waals surface area contributed by atoms with E-state index in [1.54, 1.807) is 23.2 Å². The molecule has 0 atom stereocenters. The molecule has 0 spiro atoms. The van der Waals surface area contributed by atoms with Crippen LogP contribution in [-0.2, 0) is 13.1 Å². The Kier molecular flexibility index (Phi) is 4.32. The Bertz CT molecular complexity index is 894. The van der Waals surface area contributed by atoms with E-state index in [9.17, 15) is 9.59 Å². The van der Waals surface area contributed by atoms with Gasteiger partial charge in [-0.3, -0.25) is 15.3 Å². The lowest BCUT2D eigenvalue weighted by molar-refractivity contribution is 0.102. The molecule has 0 unspecified atom stereocenters. The van der Waals surface area contributed by atoms with Crippen LogP contribution in [0, 0.1) is 0 Å². The van der Waals surface area contributed by atoms with Crippen LogP contribution in [-0.4, -0.2) is 40.0 Å². The number of aromatic nitrogens is 2. The summed E-state index contributed by atoms with van der Waals surface area (Å²) in [4.78, 5) is 24.4. The van der Waals surface area contributed by atoms with Crippen LogP contribution in [0.2, 0.25) is 0 Å². The molecule has 0 fully saturated rings. The highest BCUT2D eigenvalue weighted by atomic mass is 16.7. The van der Waals surface area contributed by atoms with Crippen LogP contribution in [0.15, 0.2) is 18.2 Å². The largest absolute Gasteiger partial charge is 0.454 e. The van der Waals surface area contributed by atoms with Crippen molar-refractivity contribution in [1.82, 2.24) is 25.9 Å². The van der Waals surface area contributed by atoms with Crippen molar-refractivity contribution >= 4 is 17.8 Å². The zero-order valence-electron chi connectivity index (χ0n) is 15.0. The Morgan fingerprint density at radius 1 is 1.22 bits per heavy atom. The van der Waals surface area contributed by atoms with Crippen LogP contribution in [0.3, 0.4) is 0 Å². The monoisotopic (exact) mass is 372 g/mol. The predicted molar refractivity (Wildman–Crippen MR) is 95.2 cm³/mol. The summed E-state index contributed by atoms with van der Waals surface area (Å²) in [5.41, 5.74) is 4.91. The molecule has 2 aliphatic heterocycles. The highest BCUT2D eigenvalue weighted by Gasteiger charge is 2.27. The number of urea groups is 1. The molecule has 2 aromatic rings. The summed E-state index contributed by atoms with van der Waals surface area (Å²) >= 11 is 0. The molecule has 4 rings (SSSR count). The maximum atomic E-state index is 12.5. The number of hydrogen-bond acceptors (Lipinski definition) is 6. The summed E-state index contributed by atoms with van der Waals surface area (Å²) < 4.78 is 10.6. The molecule has 3 amide bonds. The number of nitrogens with one attached hydrogen (secondary N) is 4. The van der Waals surface area contributed by atoms with E-state index in [2.05, 4.69) is 26.3 Å². The molecule has 0 bridgehead atoms. The molecule has 10 heteroatoms.